The zero-order chi connectivity index (χ0) is 14.0. The van der Waals surface area contributed by atoms with Crippen molar-refractivity contribution in [3.8, 4) is 0 Å². The van der Waals surface area contributed by atoms with E-state index in [4.69, 9.17) is 0 Å². The molecule has 1 heterocycles. The van der Waals surface area contributed by atoms with Crippen LogP contribution in [0.5, 0.6) is 0 Å². The molecule has 0 fully saturated rings. The van der Waals surface area contributed by atoms with Crippen molar-refractivity contribution in [2.75, 3.05) is 0 Å². The van der Waals surface area contributed by atoms with Gasteiger partial charge in [0, 0.05) is 26.0 Å². The summed E-state index contributed by atoms with van der Waals surface area (Å²) in [6.45, 7) is 0. The Morgan fingerprint density at radius 1 is 1.16 bits per heavy atom. The van der Waals surface area contributed by atoms with Crippen molar-refractivity contribution >= 4 is 53.6 Å². The largest absolute Gasteiger partial charge is 0.292 e. The van der Waals surface area contributed by atoms with Crippen LogP contribution < -0.4 is 0 Å². The number of rotatable bonds is 3. The summed E-state index contributed by atoms with van der Waals surface area (Å²) < 4.78 is 15.0. The maximum atomic E-state index is 13.0. The van der Waals surface area contributed by atoms with E-state index in [1.54, 1.807) is 18.3 Å². The van der Waals surface area contributed by atoms with Crippen molar-refractivity contribution in [1.29, 1.82) is 0 Å². The quantitative estimate of drug-likeness (QED) is 0.619. The van der Waals surface area contributed by atoms with E-state index >= 15 is 0 Å². The Balaban J connectivity index is 2.25. The SMILES string of the molecule is O=C(Cc1ccc(F)cc1Br)c1ncc(Br)cc1Br. The molecular weight excluding hydrogens is 445 g/mol. The molecule has 19 heavy (non-hydrogen) atoms. The van der Waals surface area contributed by atoms with E-state index in [0.717, 1.165) is 10.0 Å². The topological polar surface area (TPSA) is 30.0 Å². The highest BCUT2D eigenvalue weighted by molar-refractivity contribution is 9.11. The van der Waals surface area contributed by atoms with E-state index < -0.39 is 0 Å². The minimum absolute atomic E-state index is 0.133. The van der Waals surface area contributed by atoms with E-state index in [-0.39, 0.29) is 18.0 Å². The van der Waals surface area contributed by atoms with Crippen molar-refractivity contribution in [1.82, 2.24) is 4.98 Å². The highest BCUT2D eigenvalue weighted by atomic mass is 79.9. The first-order valence-corrected chi connectivity index (χ1v) is 7.63. The molecule has 0 unspecified atom stereocenters. The molecule has 0 aliphatic rings. The van der Waals surface area contributed by atoms with Gasteiger partial charge >= 0.3 is 0 Å². The van der Waals surface area contributed by atoms with Gasteiger partial charge in [-0.25, -0.2) is 4.39 Å². The van der Waals surface area contributed by atoms with Gasteiger partial charge in [-0.15, -0.1) is 0 Å². The molecule has 0 saturated heterocycles. The number of halogens is 4. The van der Waals surface area contributed by atoms with Gasteiger partial charge in [-0.2, -0.15) is 0 Å². The molecule has 0 bridgehead atoms. The molecule has 0 spiro atoms. The summed E-state index contributed by atoms with van der Waals surface area (Å²) in [5.41, 5.74) is 1.09. The zero-order valence-electron chi connectivity index (χ0n) is 9.46. The lowest BCUT2D eigenvalue weighted by atomic mass is 10.1. The molecule has 0 aliphatic carbocycles. The molecule has 0 aliphatic heterocycles. The third kappa shape index (κ3) is 3.70. The van der Waals surface area contributed by atoms with Crippen molar-refractivity contribution in [2.45, 2.75) is 6.42 Å². The van der Waals surface area contributed by atoms with Gasteiger partial charge in [0.15, 0.2) is 5.78 Å². The molecule has 0 amide bonds. The Kier molecular flexibility index (Phi) is 4.86. The summed E-state index contributed by atoms with van der Waals surface area (Å²) in [5.74, 6) is -0.474. The van der Waals surface area contributed by atoms with Gasteiger partial charge < -0.3 is 0 Å². The fourth-order valence-electron chi connectivity index (χ4n) is 1.54. The highest BCUT2D eigenvalue weighted by Crippen LogP contribution is 2.23. The fourth-order valence-corrected chi connectivity index (χ4v) is 3.24. The minimum atomic E-state index is -0.342. The van der Waals surface area contributed by atoms with Crippen LogP contribution in [0.4, 0.5) is 4.39 Å². The van der Waals surface area contributed by atoms with Crippen LogP contribution in [0.3, 0.4) is 0 Å². The van der Waals surface area contributed by atoms with Gasteiger partial charge in [0.25, 0.3) is 0 Å². The Morgan fingerprint density at radius 2 is 1.89 bits per heavy atom. The average Bonchev–Trinajstić information content (AvgIpc) is 2.32. The third-order valence-corrected chi connectivity index (χ3v) is 4.21. The number of aromatic nitrogens is 1. The number of pyridine rings is 1. The number of nitrogens with zero attached hydrogens (tertiary/aromatic N) is 1. The second-order valence-electron chi connectivity index (χ2n) is 3.82. The maximum absolute atomic E-state index is 13.0. The number of Topliss-reactive ketones (excluding diaryl/α,β-unsaturated/α-hetero) is 1. The van der Waals surface area contributed by atoms with Gasteiger partial charge in [-0.05, 0) is 55.6 Å². The molecule has 1 aromatic heterocycles. The molecular formula is C13H7Br3FNO. The van der Waals surface area contributed by atoms with E-state index in [1.807, 2.05) is 0 Å². The molecule has 2 rings (SSSR count). The standard InChI is InChI=1S/C13H7Br3FNO/c14-8-4-11(16)13(18-6-8)12(19)3-7-1-2-9(17)5-10(7)15/h1-2,4-6H,3H2. The molecule has 0 atom stereocenters. The molecule has 2 aromatic rings. The van der Waals surface area contributed by atoms with Crippen LogP contribution in [0.15, 0.2) is 43.9 Å². The van der Waals surface area contributed by atoms with E-state index in [9.17, 15) is 9.18 Å². The summed E-state index contributed by atoms with van der Waals surface area (Å²) >= 11 is 9.83. The lowest BCUT2D eigenvalue weighted by molar-refractivity contribution is 0.0987. The summed E-state index contributed by atoms with van der Waals surface area (Å²) in [4.78, 5) is 16.2. The number of carbonyl (C=O) groups is 1. The molecule has 0 saturated carbocycles. The van der Waals surface area contributed by atoms with Crippen LogP contribution in [0.1, 0.15) is 16.1 Å². The van der Waals surface area contributed by atoms with Crippen LogP contribution in [0, 0.1) is 5.82 Å². The van der Waals surface area contributed by atoms with Gasteiger partial charge in [0.1, 0.15) is 11.5 Å². The second kappa shape index (κ2) is 6.24. The zero-order valence-corrected chi connectivity index (χ0v) is 14.2. The lowest BCUT2D eigenvalue weighted by Crippen LogP contribution is -2.07. The summed E-state index contributed by atoms with van der Waals surface area (Å²) in [6.07, 6.45) is 1.73. The highest BCUT2D eigenvalue weighted by Gasteiger charge is 2.14. The van der Waals surface area contributed by atoms with Crippen LogP contribution >= 0.6 is 47.8 Å². The molecule has 0 N–H and O–H groups in total. The monoisotopic (exact) mass is 449 g/mol. The van der Waals surface area contributed by atoms with Gasteiger partial charge in [-0.1, -0.05) is 22.0 Å². The van der Waals surface area contributed by atoms with Crippen LogP contribution in [0.25, 0.3) is 0 Å². The van der Waals surface area contributed by atoms with Gasteiger partial charge in [-0.3, -0.25) is 9.78 Å². The maximum Gasteiger partial charge on any atom is 0.186 e. The van der Waals surface area contributed by atoms with Crippen molar-refractivity contribution in [3.63, 3.8) is 0 Å². The summed E-state index contributed by atoms with van der Waals surface area (Å²) in [7, 11) is 0. The van der Waals surface area contributed by atoms with Crippen LogP contribution in [0.2, 0.25) is 0 Å². The third-order valence-electron chi connectivity index (χ3n) is 2.44. The van der Waals surface area contributed by atoms with Gasteiger partial charge in [0.2, 0.25) is 0 Å². The predicted molar refractivity (Wildman–Crippen MR) is 81.8 cm³/mol. The number of benzene rings is 1. The molecule has 6 heteroatoms. The first-order valence-electron chi connectivity index (χ1n) is 5.25. The Hall–Kier alpha value is -0.590. The minimum Gasteiger partial charge on any atom is -0.292 e. The molecule has 2 nitrogen and oxygen atoms in total. The Bertz CT molecular complexity index is 646. The smallest absolute Gasteiger partial charge is 0.186 e. The van der Waals surface area contributed by atoms with Crippen LogP contribution in [-0.2, 0) is 6.42 Å². The van der Waals surface area contributed by atoms with Crippen molar-refractivity contribution in [3.05, 3.63) is 61.0 Å². The number of hydrogen-bond acceptors (Lipinski definition) is 2. The van der Waals surface area contributed by atoms with Crippen molar-refractivity contribution < 1.29 is 9.18 Å². The predicted octanol–water partition coefficient (Wildman–Crippen LogP) is 4.93. The molecule has 1 aromatic carbocycles. The average molecular weight is 452 g/mol. The first-order chi connectivity index (χ1) is 8.97. The molecule has 98 valence electrons. The van der Waals surface area contributed by atoms with E-state index in [1.165, 1.54) is 12.1 Å². The number of ketones is 1. The second-order valence-corrected chi connectivity index (χ2v) is 6.44. The number of carbonyl (C=O) groups excluding carboxylic acids is 1. The van der Waals surface area contributed by atoms with Crippen molar-refractivity contribution in [2.24, 2.45) is 0 Å². The van der Waals surface area contributed by atoms with E-state index in [0.29, 0.717) is 14.6 Å². The Morgan fingerprint density at radius 3 is 2.53 bits per heavy atom. The first kappa shape index (κ1) is 14.8. The van der Waals surface area contributed by atoms with E-state index in [2.05, 4.69) is 52.8 Å². The normalized spacial score (nSPS) is 10.5. The Labute approximate surface area is 134 Å². The lowest BCUT2D eigenvalue weighted by Gasteiger charge is -2.05. The summed E-state index contributed by atoms with van der Waals surface area (Å²) in [6, 6.07) is 6.02. The van der Waals surface area contributed by atoms with Gasteiger partial charge in [0.05, 0.1) is 0 Å². The summed E-state index contributed by atoms with van der Waals surface area (Å²) in [5, 5.41) is 0. The number of hydrogen-bond donors (Lipinski definition) is 0. The molecule has 0 radical (unpaired) electrons. The fraction of sp³-hybridized carbons (Fsp3) is 0.0769. The van der Waals surface area contributed by atoms with Crippen LogP contribution in [-0.4, -0.2) is 10.8 Å².